The Morgan fingerprint density at radius 1 is 0.650 bits per heavy atom. The predicted molar refractivity (Wildman–Crippen MR) is 86.2 cm³/mol. The van der Waals surface area contributed by atoms with E-state index in [0.29, 0.717) is 0 Å². The fourth-order valence-electron chi connectivity index (χ4n) is 2.99. The molecule has 1 heteroatoms. The smallest absolute Gasteiger partial charge is 0.0790 e. The van der Waals surface area contributed by atoms with Crippen molar-refractivity contribution >= 4 is 32.4 Å². The molecule has 0 bridgehead atoms. The number of nitrogens with zero attached hydrogens (tertiary/aromatic N) is 1. The maximum absolute atomic E-state index is 4.85. The van der Waals surface area contributed by atoms with Crippen molar-refractivity contribution < 1.29 is 0 Å². The van der Waals surface area contributed by atoms with Crippen molar-refractivity contribution in [3.8, 4) is 0 Å². The summed E-state index contributed by atoms with van der Waals surface area (Å²) in [6, 6.07) is 19.4. The first-order valence-electron chi connectivity index (χ1n) is 6.93. The number of aryl methyl sites for hydroxylation is 2. The van der Waals surface area contributed by atoms with Crippen molar-refractivity contribution in [2.24, 2.45) is 0 Å². The first kappa shape index (κ1) is 11.4. The van der Waals surface area contributed by atoms with Gasteiger partial charge in [0, 0.05) is 16.5 Å². The summed E-state index contributed by atoms with van der Waals surface area (Å²) >= 11 is 0. The van der Waals surface area contributed by atoms with Crippen LogP contribution >= 0.6 is 0 Å². The van der Waals surface area contributed by atoms with E-state index in [1.165, 1.54) is 32.5 Å². The zero-order valence-corrected chi connectivity index (χ0v) is 11.6. The lowest BCUT2D eigenvalue weighted by Crippen LogP contribution is -1.91. The Labute approximate surface area is 117 Å². The van der Waals surface area contributed by atoms with Crippen LogP contribution in [0, 0.1) is 13.8 Å². The summed E-state index contributed by atoms with van der Waals surface area (Å²) in [4.78, 5) is 4.85. The third-order valence-electron chi connectivity index (χ3n) is 4.16. The maximum atomic E-state index is 4.85. The minimum atomic E-state index is 1.11. The number of hydrogen-bond donors (Lipinski definition) is 0. The van der Waals surface area contributed by atoms with Gasteiger partial charge in [-0.2, -0.15) is 0 Å². The fraction of sp³-hybridized carbons (Fsp3) is 0.105. The van der Waals surface area contributed by atoms with Gasteiger partial charge in [0.15, 0.2) is 0 Å². The Hall–Kier alpha value is -2.41. The lowest BCUT2D eigenvalue weighted by molar-refractivity contribution is 1.20. The zero-order chi connectivity index (χ0) is 13.7. The summed E-state index contributed by atoms with van der Waals surface area (Å²) in [6.45, 7) is 4.21. The molecule has 4 aromatic rings. The molecular formula is C19H15N. The van der Waals surface area contributed by atoms with Gasteiger partial charge in [-0.25, -0.2) is 0 Å². The van der Waals surface area contributed by atoms with Crippen LogP contribution in [0.3, 0.4) is 0 Å². The van der Waals surface area contributed by atoms with E-state index in [9.17, 15) is 0 Å². The highest BCUT2D eigenvalue weighted by Gasteiger charge is 2.09. The Morgan fingerprint density at radius 2 is 1.15 bits per heavy atom. The third kappa shape index (κ3) is 1.47. The minimum absolute atomic E-state index is 1.11. The normalized spacial score (nSPS) is 11.5. The van der Waals surface area contributed by atoms with Crippen LogP contribution in [-0.2, 0) is 0 Å². The molecule has 3 aromatic carbocycles. The van der Waals surface area contributed by atoms with E-state index in [-0.39, 0.29) is 0 Å². The van der Waals surface area contributed by atoms with Crippen molar-refractivity contribution in [2.45, 2.75) is 13.8 Å². The second-order valence-corrected chi connectivity index (χ2v) is 5.38. The molecular weight excluding hydrogens is 242 g/mol. The molecule has 0 fully saturated rings. The number of pyridine rings is 1. The molecule has 0 atom stereocenters. The largest absolute Gasteiger partial charge is 0.252 e. The van der Waals surface area contributed by atoms with Gasteiger partial charge in [-0.15, -0.1) is 0 Å². The molecule has 0 radical (unpaired) electrons. The topological polar surface area (TPSA) is 12.9 Å². The van der Waals surface area contributed by atoms with E-state index in [4.69, 9.17) is 4.98 Å². The highest BCUT2D eigenvalue weighted by Crippen LogP contribution is 2.34. The van der Waals surface area contributed by atoms with Crippen LogP contribution in [0.15, 0.2) is 54.6 Å². The van der Waals surface area contributed by atoms with Crippen molar-refractivity contribution in [1.29, 1.82) is 0 Å². The summed E-state index contributed by atoms with van der Waals surface area (Å²) in [5.74, 6) is 0. The van der Waals surface area contributed by atoms with E-state index >= 15 is 0 Å². The number of fused-ring (bicyclic) bond motifs is 6. The second kappa shape index (κ2) is 4.04. The molecule has 0 aliphatic carbocycles. The van der Waals surface area contributed by atoms with Crippen LogP contribution in [-0.4, -0.2) is 4.98 Å². The highest BCUT2D eigenvalue weighted by atomic mass is 14.7. The fourth-order valence-corrected chi connectivity index (χ4v) is 2.99. The van der Waals surface area contributed by atoms with Crippen molar-refractivity contribution in [3.05, 3.63) is 65.9 Å². The van der Waals surface area contributed by atoms with Gasteiger partial charge in [0.1, 0.15) is 0 Å². The van der Waals surface area contributed by atoms with Crippen LogP contribution in [0.4, 0.5) is 0 Å². The summed E-state index contributed by atoms with van der Waals surface area (Å²) in [5, 5.41) is 6.37. The monoisotopic (exact) mass is 257 g/mol. The van der Waals surface area contributed by atoms with Gasteiger partial charge >= 0.3 is 0 Å². The van der Waals surface area contributed by atoms with Gasteiger partial charge in [0.2, 0.25) is 0 Å². The van der Waals surface area contributed by atoms with E-state index in [0.717, 1.165) is 11.2 Å². The van der Waals surface area contributed by atoms with E-state index in [1.807, 2.05) is 0 Å². The Balaban J connectivity index is 2.42. The molecule has 0 saturated carbocycles. The molecule has 0 amide bonds. The molecule has 1 heterocycles. The lowest BCUT2D eigenvalue weighted by atomic mass is 9.96. The SMILES string of the molecule is Cc1cc2c3ccccc3c3ccccc3c2nc1C. The third-order valence-corrected chi connectivity index (χ3v) is 4.16. The van der Waals surface area contributed by atoms with E-state index in [2.05, 4.69) is 68.4 Å². The van der Waals surface area contributed by atoms with Gasteiger partial charge in [-0.3, -0.25) is 4.98 Å². The minimum Gasteiger partial charge on any atom is -0.252 e. The summed E-state index contributed by atoms with van der Waals surface area (Å²) < 4.78 is 0. The lowest BCUT2D eigenvalue weighted by Gasteiger charge is -2.11. The first-order chi connectivity index (χ1) is 9.75. The molecule has 0 saturated heterocycles. The molecule has 1 aromatic heterocycles. The first-order valence-corrected chi connectivity index (χ1v) is 6.93. The Kier molecular flexibility index (Phi) is 2.31. The molecule has 0 N–H and O–H groups in total. The van der Waals surface area contributed by atoms with Gasteiger partial charge in [0.25, 0.3) is 0 Å². The Bertz CT molecular complexity index is 887. The maximum Gasteiger partial charge on any atom is 0.0790 e. The van der Waals surface area contributed by atoms with Crippen molar-refractivity contribution in [3.63, 3.8) is 0 Å². The van der Waals surface area contributed by atoms with Crippen LogP contribution in [0.2, 0.25) is 0 Å². The molecule has 0 spiro atoms. The summed E-state index contributed by atoms with van der Waals surface area (Å²) in [7, 11) is 0. The standard InChI is InChI=1S/C19H15N/c1-12-11-18-16-9-4-3-7-14(16)15-8-5-6-10-17(15)19(18)20-13(12)2/h3-11H,1-2H3. The quantitative estimate of drug-likeness (QED) is 0.397. The second-order valence-electron chi connectivity index (χ2n) is 5.38. The van der Waals surface area contributed by atoms with Crippen molar-refractivity contribution in [2.75, 3.05) is 0 Å². The molecule has 20 heavy (non-hydrogen) atoms. The average molecular weight is 257 g/mol. The van der Waals surface area contributed by atoms with E-state index in [1.54, 1.807) is 0 Å². The highest BCUT2D eigenvalue weighted by molar-refractivity contribution is 6.24. The van der Waals surface area contributed by atoms with Crippen LogP contribution in [0.1, 0.15) is 11.3 Å². The van der Waals surface area contributed by atoms with Crippen LogP contribution < -0.4 is 0 Å². The summed E-state index contributed by atoms with van der Waals surface area (Å²) in [6.07, 6.45) is 0. The van der Waals surface area contributed by atoms with Gasteiger partial charge in [0.05, 0.1) is 5.52 Å². The molecule has 0 unspecified atom stereocenters. The van der Waals surface area contributed by atoms with Gasteiger partial charge in [-0.05, 0) is 41.6 Å². The predicted octanol–water partition coefficient (Wildman–Crippen LogP) is 5.16. The zero-order valence-electron chi connectivity index (χ0n) is 11.6. The number of hydrogen-bond acceptors (Lipinski definition) is 1. The number of aromatic nitrogens is 1. The van der Waals surface area contributed by atoms with E-state index < -0.39 is 0 Å². The summed E-state index contributed by atoms with van der Waals surface area (Å²) in [5.41, 5.74) is 3.47. The number of benzene rings is 3. The molecule has 4 rings (SSSR count). The van der Waals surface area contributed by atoms with Gasteiger partial charge < -0.3 is 0 Å². The molecule has 96 valence electrons. The Morgan fingerprint density at radius 3 is 1.80 bits per heavy atom. The van der Waals surface area contributed by atoms with Crippen LogP contribution in [0.5, 0.6) is 0 Å². The average Bonchev–Trinajstić information content (AvgIpc) is 2.49. The number of rotatable bonds is 0. The van der Waals surface area contributed by atoms with Crippen molar-refractivity contribution in [1.82, 2.24) is 4.98 Å². The van der Waals surface area contributed by atoms with Crippen LogP contribution in [0.25, 0.3) is 32.4 Å². The molecule has 0 aliphatic rings. The molecule has 0 aliphatic heterocycles. The molecule has 1 nitrogen and oxygen atoms in total. The van der Waals surface area contributed by atoms with Gasteiger partial charge in [-0.1, -0.05) is 48.5 Å².